The van der Waals surface area contributed by atoms with E-state index in [2.05, 4.69) is 34.8 Å². The van der Waals surface area contributed by atoms with Crippen LogP contribution in [0.2, 0.25) is 0 Å². The molecule has 1 aliphatic rings. The monoisotopic (exact) mass is 267 g/mol. The zero-order chi connectivity index (χ0) is 12.8. The third-order valence-corrected chi connectivity index (χ3v) is 4.85. The summed E-state index contributed by atoms with van der Waals surface area (Å²) in [4.78, 5) is 4.38. The number of thiazole rings is 1. The minimum Gasteiger partial charge on any atom is -0.314 e. The van der Waals surface area contributed by atoms with Crippen molar-refractivity contribution >= 4 is 11.3 Å². The molecule has 2 atom stereocenters. The van der Waals surface area contributed by atoms with Gasteiger partial charge in [-0.1, -0.05) is 20.3 Å². The molecule has 0 spiro atoms. The highest BCUT2D eigenvalue weighted by atomic mass is 32.1. The lowest BCUT2D eigenvalue weighted by Crippen LogP contribution is -2.48. The van der Waals surface area contributed by atoms with Crippen molar-refractivity contribution in [3.05, 3.63) is 16.6 Å². The molecule has 2 rings (SSSR count). The fourth-order valence-electron chi connectivity index (χ4n) is 2.89. The summed E-state index contributed by atoms with van der Waals surface area (Å²) in [5.74, 6) is 0.519. The first-order valence-corrected chi connectivity index (χ1v) is 7.99. The van der Waals surface area contributed by atoms with Crippen LogP contribution in [0.1, 0.15) is 50.5 Å². The Bertz CT molecular complexity index is 331. The van der Waals surface area contributed by atoms with Gasteiger partial charge < -0.3 is 10.6 Å². The predicted molar refractivity (Wildman–Crippen MR) is 78.3 cm³/mol. The molecular formula is C14H25N3S. The van der Waals surface area contributed by atoms with Crippen molar-refractivity contribution in [1.82, 2.24) is 15.6 Å². The molecule has 0 radical (unpaired) electrons. The molecule has 0 amide bonds. The smallest absolute Gasteiger partial charge is 0.0965 e. The summed E-state index contributed by atoms with van der Waals surface area (Å²) in [6, 6.07) is 0. The highest BCUT2D eigenvalue weighted by Gasteiger charge is 2.31. The number of nitrogens with zero attached hydrogens (tertiary/aromatic N) is 1. The van der Waals surface area contributed by atoms with Crippen LogP contribution < -0.4 is 10.6 Å². The van der Waals surface area contributed by atoms with Crippen LogP contribution in [0.15, 0.2) is 11.6 Å². The number of hydrogen-bond donors (Lipinski definition) is 2. The van der Waals surface area contributed by atoms with Gasteiger partial charge in [0.2, 0.25) is 0 Å². The lowest BCUT2D eigenvalue weighted by atomic mass is 9.91. The Hall–Kier alpha value is -0.450. The van der Waals surface area contributed by atoms with Crippen LogP contribution in [0.25, 0.3) is 0 Å². The van der Waals surface area contributed by atoms with Crippen molar-refractivity contribution in [1.29, 1.82) is 0 Å². The minimum atomic E-state index is 0.358. The molecule has 4 heteroatoms. The van der Waals surface area contributed by atoms with E-state index in [0.29, 0.717) is 11.5 Å². The third kappa shape index (κ3) is 3.53. The van der Waals surface area contributed by atoms with Gasteiger partial charge in [0, 0.05) is 36.1 Å². The van der Waals surface area contributed by atoms with Crippen molar-refractivity contribution in [3.8, 4) is 0 Å². The van der Waals surface area contributed by atoms with E-state index >= 15 is 0 Å². The summed E-state index contributed by atoms with van der Waals surface area (Å²) in [6.45, 7) is 7.83. The zero-order valence-corrected chi connectivity index (χ0v) is 12.4. The van der Waals surface area contributed by atoms with Crippen molar-refractivity contribution in [2.75, 3.05) is 19.6 Å². The molecule has 2 heterocycles. The maximum absolute atomic E-state index is 4.38. The maximum Gasteiger partial charge on any atom is 0.0965 e. The highest BCUT2D eigenvalue weighted by Crippen LogP contribution is 2.24. The molecule has 1 aliphatic heterocycles. The molecular weight excluding hydrogens is 242 g/mol. The van der Waals surface area contributed by atoms with Crippen molar-refractivity contribution in [2.45, 2.75) is 51.0 Å². The molecule has 0 aromatic carbocycles. The van der Waals surface area contributed by atoms with Crippen LogP contribution in [0.4, 0.5) is 0 Å². The average Bonchev–Trinajstić information content (AvgIpc) is 3.00. The molecule has 2 N–H and O–H groups in total. The first-order valence-electron chi connectivity index (χ1n) is 7.11. The van der Waals surface area contributed by atoms with Gasteiger partial charge in [-0.2, -0.15) is 0 Å². The van der Waals surface area contributed by atoms with Gasteiger partial charge in [0.15, 0.2) is 0 Å². The Morgan fingerprint density at radius 2 is 2.50 bits per heavy atom. The number of rotatable bonds is 7. The predicted octanol–water partition coefficient (Wildman–Crippen LogP) is 2.76. The number of hydrogen-bond acceptors (Lipinski definition) is 4. The van der Waals surface area contributed by atoms with Crippen LogP contribution in [0.5, 0.6) is 0 Å². The lowest BCUT2D eigenvalue weighted by Gasteiger charge is -2.30. The summed E-state index contributed by atoms with van der Waals surface area (Å²) in [5.41, 5.74) is 0.358. The summed E-state index contributed by atoms with van der Waals surface area (Å²) in [5, 5.41) is 10.6. The highest BCUT2D eigenvalue weighted by molar-refractivity contribution is 7.09. The van der Waals surface area contributed by atoms with E-state index in [9.17, 15) is 0 Å². The zero-order valence-electron chi connectivity index (χ0n) is 11.5. The van der Waals surface area contributed by atoms with E-state index in [1.165, 1.54) is 37.2 Å². The molecule has 0 saturated carbocycles. The minimum absolute atomic E-state index is 0.358. The van der Waals surface area contributed by atoms with Crippen LogP contribution in [0, 0.1) is 0 Å². The summed E-state index contributed by atoms with van der Waals surface area (Å²) in [6.07, 6.45) is 7.08. The molecule has 18 heavy (non-hydrogen) atoms. The molecule has 0 aliphatic carbocycles. The van der Waals surface area contributed by atoms with E-state index in [1.54, 1.807) is 11.3 Å². The van der Waals surface area contributed by atoms with Gasteiger partial charge in [-0.25, -0.2) is 4.98 Å². The summed E-state index contributed by atoms with van der Waals surface area (Å²) >= 11 is 1.76. The summed E-state index contributed by atoms with van der Waals surface area (Å²) < 4.78 is 0. The van der Waals surface area contributed by atoms with E-state index in [-0.39, 0.29) is 0 Å². The van der Waals surface area contributed by atoms with Crippen molar-refractivity contribution < 1.29 is 0 Å². The van der Waals surface area contributed by atoms with Gasteiger partial charge in [0.25, 0.3) is 0 Å². The Balaban J connectivity index is 1.76. The van der Waals surface area contributed by atoms with Gasteiger partial charge in [0.1, 0.15) is 0 Å². The fraction of sp³-hybridized carbons (Fsp3) is 0.786. The lowest BCUT2D eigenvalue weighted by molar-refractivity contribution is 0.323. The second kappa shape index (κ2) is 6.64. The average molecular weight is 267 g/mol. The standard InChI is InChI=1S/C14H25N3S/c1-3-5-14(6-4-7-17-14)11-15-10-12(2)13-16-8-9-18-13/h8-9,12,15,17H,3-7,10-11H2,1-2H3. The quantitative estimate of drug-likeness (QED) is 0.797. The van der Waals surface area contributed by atoms with E-state index in [4.69, 9.17) is 0 Å². The van der Waals surface area contributed by atoms with Crippen LogP contribution >= 0.6 is 11.3 Å². The van der Waals surface area contributed by atoms with Gasteiger partial charge in [0.05, 0.1) is 5.01 Å². The maximum atomic E-state index is 4.38. The first kappa shape index (κ1) is 14.0. The first-order chi connectivity index (χ1) is 8.76. The van der Waals surface area contributed by atoms with Crippen LogP contribution in [0.3, 0.4) is 0 Å². The van der Waals surface area contributed by atoms with Gasteiger partial charge in [-0.3, -0.25) is 0 Å². The normalized spacial score (nSPS) is 25.4. The Kier molecular flexibility index (Phi) is 5.15. The molecule has 102 valence electrons. The van der Waals surface area contributed by atoms with Gasteiger partial charge in [-0.05, 0) is 25.8 Å². The largest absolute Gasteiger partial charge is 0.314 e. The molecule has 1 aromatic heterocycles. The number of aromatic nitrogens is 1. The molecule has 1 saturated heterocycles. The third-order valence-electron chi connectivity index (χ3n) is 3.85. The van der Waals surface area contributed by atoms with Gasteiger partial charge in [-0.15, -0.1) is 11.3 Å². The topological polar surface area (TPSA) is 37.0 Å². The summed E-state index contributed by atoms with van der Waals surface area (Å²) in [7, 11) is 0. The van der Waals surface area contributed by atoms with E-state index in [0.717, 1.165) is 13.1 Å². The molecule has 1 aromatic rings. The Morgan fingerprint density at radius 3 is 3.11 bits per heavy atom. The van der Waals surface area contributed by atoms with Crippen LogP contribution in [-0.2, 0) is 0 Å². The van der Waals surface area contributed by atoms with Gasteiger partial charge >= 0.3 is 0 Å². The Labute approximate surface area is 114 Å². The molecule has 3 nitrogen and oxygen atoms in total. The second-order valence-electron chi connectivity index (χ2n) is 5.46. The SMILES string of the molecule is CCCC1(CNCC(C)c2nccs2)CCCN1. The second-order valence-corrected chi connectivity index (χ2v) is 6.39. The van der Waals surface area contributed by atoms with Crippen molar-refractivity contribution in [2.24, 2.45) is 0 Å². The van der Waals surface area contributed by atoms with E-state index < -0.39 is 0 Å². The molecule has 2 unspecified atom stereocenters. The van der Waals surface area contributed by atoms with E-state index in [1.807, 2.05) is 6.20 Å². The van der Waals surface area contributed by atoms with Crippen molar-refractivity contribution in [3.63, 3.8) is 0 Å². The van der Waals surface area contributed by atoms with Crippen LogP contribution in [-0.4, -0.2) is 30.2 Å². The Morgan fingerprint density at radius 1 is 1.61 bits per heavy atom. The molecule has 1 fully saturated rings. The fourth-order valence-corrected chi connectivity index (χ4v) is 3.59. The molecule has 0 bridgehead atoms. The number of nitrogens with one attached hydrogen (secondary N) is 2.